The molecular weight excluding hydrogens is 277 g/mol. The minimum absolute atomic E-state index is 0.0801. The van der Waals surface area contributed by atoms with Crippen molar-refractivity contribution in [1.82, 2.24) is 0 Å². The Labute approximate surface area is 121 Å². The highest BCUT2D eigenvalue weighted by molar-refractivity contribution is 5.96. The third-order valence-corrected chi connectivity index (χ3v) is 3.23. The maximum atomic E-state index is 12.5. The molecular formula is C17H15F3O. The Bertz CT molecular complexity index is 610. The summed E-state index contributed by atoms with van der Waals surface area (Å²) in [5, 5.41) is 0. The Morgan fingerprint density at radius 1 is 0.905 bits per heavy atom. The molecule has 2 aromatic carbocycles. The van der Waals surface area contributed by atoms with Crippen molar-refractivity contribution in [3.8, 4) is 11.1 Å². The first-order valence-electron chi connectivity index (χ1n) is 6.72. The topological polar surface area (TPSA) is 17.1 Å². The fraction of sp³-hybridized carbons (Fsp3) is 0.235. The van der Waals surface area contributed by atoms with Crippen LogP contribution < -0.4 is 0 Å². The maximum Gasteiger partial charge on any atom is 0.416 e. The van der Waals surface area contributed by atoms with E-state index in [0.29, 0.717) is 17.5 Å². The van der Waals surface area contributed by atoms with Gasteiger partial charge in [-0.25, -0.2) is 0 Å². The summed E-state index contributed by atoms with van der Waals surface area (Å²) in [6, 6.07) is 11.9. The molecule has 2 rings (SSSR count). The molecule has 0 saturated heterocycles. The molecule has 0 aliphatic rings. The zero-order valence-electron chi connectivity index (χ0n) is 11.6. The van der Waals surface area contributed by atoms with E-state index in [-0.39, 0.29) is 5.78 Å². The Balaban J connectivity index is 2.21. The molecule has 0 bridgehead atoms. The summed E-state index contributed by atoms with van der Waals surface area (Å²) >= 11 is 0. The van der Waals surface area contributed by atoms with Gasteiger partial charge in [-0.3, -0.25) is 4.79 Å². The average Bonchev–Trinajstić information content (AvgIpc) is 2.47. The van der Waals surface area contributed by atoms with Gasteiger partial charge in [0.15, 0.2) is 5.78 Å². The number of benzene rings is 2. The van der Waals surface area contributed by atoms with Gasteiger partial charge in [0.2, 0.25) is 0 Å². The summed E-state index contributed by atoms with van der Waals surface area (Å²) in [6.07, 6.45) is -3.03. The molecule has 0 aliphatic heterocycles. The van der Waals surface area contributed by atoms with Gasteiger partial charge in [0.1, 0.15) is 0 Å². The Kier molecular flexibility index (Phi) is 4.46. The summed E-state index contributed by atoms with van der Waals surface area (Å²) in [6.45, 7) is 1.94. The van der Waals surface area contributed by atoms with Crippen molar-refractivity contribution in [1.29, 1.82) is 0 Å². The van der Waals surface area contributed by atoms with Gasteiger partial charge in [-0.1, -0.05) is 43.3 Å². The zero-order chi connectivity index (χ0) is 15.5. The predicted molar refractivity (Wildman–Crippen MR) is 76.1 cm³/mol. The van der Waals surface area contributed by atoms with Crippen LogP contribution in [0.2, 0.25) is 0 Å². The van der Waals surface area contributed by atoms with Crippen LogP contribution in [0.3, 0.4) is 0 Å². The van der Waals surface area contributed by atoms with Gasteiger partial charge in [0, 0.05) is 12.0 Å². The van der Waals surface area contributed by atoms with E-state index in [1.165, 1.54) is 12.1 Å². The molecule has 0 heterocycles. The fourth-order valence-corrected chi connectivity index (χ4v) is 2.07. The van der Waals surface area contributed by atoms with Crippen molar-refractivity contribution in [2.24, 2.45) is 0 Å². The molecule has 0 fully saturated rings. The average molecular weight is 292 g/mol. The molecule has 2 aromatic rings. The monoisotopic (exact) mass is 292 g/mol. The van der Waals surface area contributed by atoms with E-state index in [1.807, 2.05) is 6.92 Å². The van der Waals surface area contributed by atoms with Crippen molar-refractivity contribution in [2.45, 2.75) is 25.9 Å². The van der Waals surface area contributed by atoms with Crippen molar-refractivity contribution >= 4 is 5.78 Å². The number of hydrogen-bond acceptors (Lipinski definition) is 1. The highest BCUT2D eigenvalue weighted by atomic mass is 19.4. The summed E-state index contributed by atoms with van der Waals surface area (Å²) in [5.74, 6) is 0.0801. The molecule has 0 amide bonds. The van der Waals surface area contributed by atoms with E-state index < -0.39 is 11.7 Å². The molecule has 0 atom stereocenters. The summed E-state index contributed by atoms with van der Waals surface area (Å²) in [7, 11) is 0. The second kappa shape index (κ2) is 6.12. The minimum Gasteiger partial charge on any atom is -0.294 e. The lowest BCUT2D eigenvalue weighted by molar-refractivity contribution is -0.137. The van der Waals surface area contributed by atoms with Gasteiger partial charge < -0.3 is 0 Å². The van der Waals surface area contributed by atoms with E-state index in [4.69, 9.17) is 0 Å². The second-order valence-electron chi connectivity index (χ2n) is 4.83. The van der Waals surface area contributed by atoms with E-state index in [0.717, 1.165) is 24.1 Å². The van der Waals surface area contributed by atoms with Crippen LogP contribution in [0.5, 0.6) is 0 Å². The quantitative estimate of drug-likeness (QED) is 0.694. The van der Waals surface area contributed by atoms with Crippen LogP contribution in [-0.2, 0) is 6.18 Å². The van der Waals surface area contributed by atoms with Crippen LogP contribution in [0.25, 0.3) is 11.1 Å². The van der Waals surface area contributed by atoms with Crippen LogP contribution in [-0.4, -0.2) is 5.78 Å². The van der Waals surface area contributed by atoms with Crippen molar-refractivity contribution in [2.75, 3.05) is 0 Å². The molecule has 21 heavy (non-hydrogen) atoms. The number of ketones is 1. The summed E-state index contributed by atoms with van der Waals surface area (Å²) in [4.78, 5) is 11.7. The highest BCUT2D eigenvalue weighted by Gasteiger charge is 2.29. The van der Waals surface area contributed by atoms with Gasteiger partial charge in [-0.05, 0) is 29.7 Å². The third kappa shape index (κ3) is 3.72. The first-order valence-corrected chi connectivity index (χ1v) is 6.72. The Morgan fingerprint density at radius 2 is 1.38 bits per heavy atom. The van der Waals surface area contributed by atoms with Crippen LogP contribution in [0.15, 0.2) is 48.5 Å². The van der Waals surface area contributed by atoms with Gasteiger partial charge in [0.25, 0.3) is 0 Å². The lowest BCUT2D eigenvalue weighted by Crippen LogP contribution is -2.04. The van der Waals surface area contributed by atoms with Crippen molar-refractivity contribution in [3.05, 3.63) is 59.7 Å². The maximum absolute atomic E-state index is 12.5. The van der Waals surface area contributed by atoms with Crippen LogP contribution in [0.4, 0.5) is 13.2 Å². The Hall–Kier alpha value is -2.10. The molecule has 0 N–H and O–H groups in total. The second-order valence-corrected chi connectivity index (χ2v) is 4.83. The number of carbonyl (C=O) groups is 1. The number of rotatable bonds is 4. The number of Topliss-reactive ketones (excluding diaryl/α,β-unsaturated/α-hetero) is 1. The van der Waals surface area contributed by atoms with Gasteiger partial charge >= 0.3 is 6.18 Å². The van der Waals surface area contributed by atoms with Crippen molar-refractivity contribution in [3.63, 3.8) is 0 Å². The molecule has 1 nitrogen and oxygen atoms in total. The van der Waals surface area contributed by atoms with E-state index in [9.17, 15) is 18.0 Å². The van der Waals surface area contributed by atoms with Crippen LogP contribution in [0, 0.1) is 0 Å². The van der Waals surface area contributed by atoms with E-state index in [1.54, 1.807) is 24.3 Å². The molecule has 0 aliphatic carbocycles. The van der Waals surface area contributed by atoms with Gasteiger partial charge in [-0.15, -0.1) is 0 Å². The largest absolute Gasteiger partial charge is 0.416 e. The highest BCUT2D eigenvalue weighted by Crippen LogP contribution is 2.31. The van der Waals surface area contributed by atoms with Gasteiger partial charge in [-0.2, -0.15) is 13.2 Å². The fourth-order valence-electron chi connectivity index (χ4n) is 2.07. The molecule has 0 aromatic heterocycles. The number of hydrogen-bond donors (Lipinski definition) is 0. The SMILES string of the molecule is CCCC(=O)c1ccc(-c2ccc(C(F)(F)F)cc2)cc1. The normalized spacial score (nSPS) is 11.4. The van der Waals surface area contributed by atoms with Gasteiger partial charge in [0.05, 0.1) is 5.56 Å². The zero-order valence-corrected chi connectivity index (χ0v) is 11.6. The number of carbonyl (C=O) groups excluding carboxylic acids is 1. The number of halogens is 3. The third-order valence-electron chi connectivity index (χ3n) is 3.23. The Morgan fingerprint density at radius 3 is 1.81 bits per heavy atom. The van der Waals surface area contributed by atoms with Crippen molar-refractivity contribution < 1.29 is 18.0 Å². The lowest BCUT2D eigenvalue weighted by atomic mass is 10.00. The van der Waals surface area contributed by atoms with E-state index in [2.05, 4.69) is 0 Å². The first-order chi connectivity index (χ1) is 9.91. The summed E-state index contributed by atoms with van der Waals surface area (Å²) in [5.41, 5.74) is 1.45. The first kappa shape index (κ1) is 15.3. The lowest BCUT2D eigenvalue weighted by Gasteiger charge is -2.08. The summed E-state index contributed by atoms with van der Waals surface area (Å²) < 4.78 is 37.5. The standard InChI is InChI=1S/C17H15F3O/c1-2-3-16(21)14-6-4-12(5-7-14)13-8-10-15(11-9-13)17(18,19)20/h4-11H,2-3H2,1H3. The molecule has 0 saturated carbocycles. The smallest absolute Gasteiger partial charge is 0.294 e. The molecule has 4 heteroatoms. The van der Waals surface area contributed by atoms with Crippen LogP contribution >= 0.6 is 0 Å². The van der Waals surface area contributed by atoms with Crippen LogP contribution in [0.1, 0.15) is 35.7 Å². The molecule has 0 spiro atoms. The number of alkyl halides is 3. The molecule has 0 radical (unpaired) electrons. The molecule has 110 valence electrons. The predicted octanol–water partition coefficient (Wildman–Crippen LogP) is 5.36. The minimum atomic E-state index is -4.32. The molecule has 0 unspecified atom stereocenters. The van der Waals surface area contributed by atoms with E-state index >= 15 is 0 Å².